The van der Waals surface area contributed by atoms with Gasteiger partial charge in [0.15, 0.2) is 0 Å². The van der Waals surface area contributed by atoms with Gasteiger partial charge in [-0.05, 0) is 36.6 Å². The molecule has 0 atom stereocenters. The SMILES string of the molecule is COCC(=O)N1CCC2(CC1)CC(=O)N(c1ccccc1)c1ccccc12. The van der Waals surface area contributed by atoms with Crippen molar-refractivity contribution >= 4 is 23.2 Å². The van der Waals surface area contributed by atoms with Gasteiger partial charge < -0.3 is 9.64 Å². The summed E-state index contributed by atoms with van der Waals surface area (Å²) in [7, 11) is 1.54. The minimum atomic E-state index is -0.192. The number of piperidine rings is 1. The lowest BCUT2D eigenvalue weighted by atomic mass is 9.67. The summed E-state index contributed by atoms with van der Waals surface area (Å²) >= 11 is 0. The highest BCUT2D eigenvalue weighted by atomic mass is 16.5. The first-order valence-electron chi connectivity index (χ1n) is 9.39. The molecule has 5 heteroatoms. The largest absolute Gasteiger partial charge is 0.375 e. The number of fused-ring (bicyclic) bond motifs is 2. The van der Waals surface area contributed by atoms with Crippen LogP contribution in [0, 0.1) is 0 Å². The van der Waals surface area contributed by atoms with E-state index in [4.69, 9.17) is 4.74 Å². The standard InChI is InChI=1S/C22H24N2O3/c1-27-16-21(26)23-13-11-22(12-14-23)15-20(25)24(17-7-3-2-4-8-17)19-10-6-5-9-18(19)22/h2-10H,11-16H2,1H3. The Balaban J connectivity index is 1.66. The highest BCUT2D eigenvalue weighted by Crippen LogP contribution is 2.48. The van der Waals surface area contributed by atoms with Crippen LogP contribution < -0.4 is 4.90 Å². The Morgan fingerprint density at radius 3 is 2.41 bits per heavy atom. The molecular formula is C22H24N2O3. The fraction of sp³-hybridized carbons (Fsp3) is 0.364. The number of ether oxygens (including phenoxy) is 1. The van der Waals surface area contributed by atoms with E-state index in [0.717, 1.165) is 24.2 Å². The molecule has 1 fully saturated rings. The summed E-state index contributed by atoms with van der Waals surface area (Å²) in [5, 5.41) is 0. The molecule has 5 nitrogen and oxygen atoms in total. The molecule has 2 aliphatic rings. The molecule has 2 amide bonds. The van der Waals surface area contributed by atoms with Gasteiger partial charge in [0.05, 0.1) is 5.69 Å². The number of rotatable bonds is 3. The van der Waals surface area contributed by atoms with Crippen molar-refractivity contribution in [3.8, 4) is 0 Å². The molecule has 2 aromatic carbocycles. The fourth-order valence-corrected chi connectivity index (χ4v) is 4.42. The van der Waals surface area contributed by atoms with E-state index < -0.39 is 0 Å². The van der Waals surface area contributed by atoms with E-state index in [1.165, 1.54) is 12.7 Å². The summed E-state index contributed by atoms with van der Waals surface area (Å²) < 4.78 is 4.98. The molecule has 0 radical (unpaired) electrons. The van der Waals surface area contributed by atoms with Crippen LogP contribution in [-0.4, -0.2) is 43.5 Å². The molecular weight excluding hydrogens is 340 g/mol. The third-order valence-corrected chi connectivity index (χ3v) is 5.81. The second kappa shape index (κ2) is 7.16. The van der Waals surface area contributed by atoms with E-state index in [1.54, 1.807) is 0 Å². The lowest BCUT2D eigenvalue weighted by Gasteiger charge is -2.47. The van der Waals surface area contributed by atoms with Gasteiger partial charge in [0.2, 0.25) is 11.8 Å². The zero-order valence-corrected chi connectivity index (χ0v) is 15.6. The third kappa shape index (κ3) is 3.12. The molecule has 0 saturated carbocycles. The number of likely N-dealkylation sites (tertiary alicyclic amines) is 1. The number of methoxy groups -OCH3 is 1. The molecule has 0 N–H and O–H groups in total. The molecule has 27 heavy (non-hydrogen) atoms. The van der Waals surface area contributed by atoms with Gasteiger partial charge in [-0.3, -0.25) is 14.5 Å². The van der Waals surface area contributed by atoms with Crippen LogP contribution in [-0.2, 0) is 19.7 Å². The van der Waals surface area contributed by atoms with Crippen LogP contribution in [0.1, 0.15) is 24.8 Å². The minimum absolute atomic E-state index is 0.0219. The van der Waals surface area contributed by atoms with Crippen molar-refractivity contribution in [2.24, 2.45) is 0 Å². The van der Waals surface area contributed by atoms with Gasteiger partial charge in [0.1, 0.15) is 6.61 Å². The molecule has 0 unspecified atom stereocenters. The van der Waals surface area contributed by atoms with E-state index in [1.807, 2.05) is 58.3 Å². The van der Waals surface area contributed by atoms with Gasteiger partial charge in [-0.1, -0.05) is 36.4 Å². The number of carbonyl (C=O) groups is 2. The first-order valence-corrected chi connectivity index (χ1v) is 9.39. The van der Waals surface area contributed by atoms with Crippen molar-refractivity contribution in [3.05, 3.63) is 60.2 Å². The zero-order chi connectivity index (χ0) is 18.9. The molecule has 140 valence electrons. The van der Waals surface area contributed by atoms with Gasteiger partial charge in [-0.15, -0.1) is 0 Å². The maximum absolute atomic E-state index is 13.2. The van der Waals surface area contributed by atoms with Gasteiger partial charge in [0, 0.05) is 37.7 Å². The number of anilines is 2. The molecule has 0 bridgehead atoms. The number of benzene rings is 2. The molecule has 2 aliphatic heterocycles. The second-order valence-electron chi connectivity index (χ2n) is 7.35. The van der Waals surface area contributed by atoms with E-state index >= 15 is 0 Å². The lowest BCUT2D eigenvalue weighted by Crippen LogP contribution is -2.50. The summed E-state index contributed by atoms with van der Waals surface area (Å²) in [6, 6.07) is 18.0. The fourth-order valence-electron chi connectivity index (χ4n) is 4.42. The number of hydrogen-bond donors (Lipinski definition) is 0. The van der Waals surface area contributed by atoms with Crippen LogP contribution in [0.25, 0.3) is 0 Å². The molecule has 2 aromatic rings. The Hall–Kier alpha value is -2.66. The average Bonchev–Trinajstić information content (AvgIpc) is 2.70. The smallest absolute Gasteiger partial charge is 0.248 e. The quantitative estimate of drug-likeness (QED) is 0.840. The van der Waals surface area contributed by atoms with Crippen molar-refractivity contribution in [3.63, 3.8) is 0 Å². The summed E-state index contributed by atoms with van der Waals surface area (Å²) in [4.78, 5) is 29.0. The molecule has 0 aromatic heterocycles. The van der Waals surface area contributed by atoms with Gasteiger partial charge in [-0.2, -0.15) is 0 Å². The predicted octanol–water partition coefficient (Wildman–Crippen LogP) is 3.26. The Labute approximate surface area is 159 Å². The summed E-state index contributed by atoms with van der Waals surface area (Å²) in [5.74, 6) is 0.144. The number of para-hydroxylation sites is 2. The van der Waals surface area contributed by atoms with Crippen LogP contribution in [0.4, 0.5) is 11.4 Å². The highest BCUT2D eigenvalue weighted by Gasteiger charge is 2.45. The van der Waals surface area contributed by atoms with Crippen molar-refractivity contribution in [2.75, 3.05) is 31.7 Å². The van der Waals surface area contributed by atoms with Crippen molar-refractivity contribution in [2.45, 2.75) is 24.7 Å². The molecule has 1 spiro atoms. The Morgan fingerprint density at radius 1 is 1.04 bits per heavy atom. The number of nitrogens with zero attached hydrogens (tertiary/aromatic N) is 2. The summed E-state index contributed by atoms with van der Waals surface area (Å²) in [6.45, 7) is 1.44. The average molecular weight is 364 g/mol. The first kappa shape index (κ1) is 17.7. The minimum Gasteiger partial charge on any atom is -0.375 e. The van der Waals surface area contributed by atoms with Crippen LogP contribution in [0.5, 0.6) is 0 Å². The van der Waals surface area contributed by atoms with Crippen LogP contribution in [0.15, 0.2) is 54.6 Å². The topological polar surface area (TPSA) is 49.9 Å². The second-order valence-corrected chi connectivity index (χ2v) is 7.35. The van der Waals surface area contributed by atoms with E-state index in [0.29, 0.717) is 19.5 Å². The van der Waals surface area contributed by atoms with E-state index in [2.05, 4.69) is 6.07 Å². The molecule has 0 aliphatic carbocycles. The molecule has 2 heterocycles. The predicted molar refractivity (Wildman–Crippen MR) is 104 cm³/mol. The van der Waals surface area contributed by atoms with Gasteiger partial charge in [-0.25, -0.2) is 0 Å². The monoisotopic (exact) mass is 364 g/mol. The zero-order valence-electron chi connectivity index (χ0n) is 15.6. The summed E-state index contributed by atoms with van der Waals surface area (Å²) in [6.07, 6.45) is 2.08. The highest BCUT2D eigenvalue weighted by molar-refractivity contribution is 6.04. The number of hydrogen-bond acceptors (Lipinski definition) is 3. The molecule has 1 saturated heterocycles. The van der Waals surface area contributed by atoms with Gasteiger partial charge >= 0.3 is 0 Å². The Morgan fingerprint density at radius 2 is 1.70 bits per heavy atom. The summed E-state index contributed by atoms with van der Waals surface area (Å²) in [5.41, 5.74) is 2.89. The van der Waals surface area contributed by atoms with Crippen LogP contribution in [0.2, 0.25) is 0 Å². The maximum Gasteiger partial charge on any atom is 0.248 e. The number of amides is 2. The molecule has 4 rings (SSSR count). The van der Waals surface area contributed by atoms with Gasteiger partial charge in [0.25, 0.3) is 0 Å². The first-order chi connectivity index (χ1) is 13.1. The van der Waals surface area contributed by atoms with Crippen molar-refractivity contribution in [1.29, 1.82) is 0 Å². The lowest BCUT2D eigenvalue weighted by molar-refractivity contribution is -0.137. The van der Waals surface area contributed by atoms with Crippen molar-refractivity contribution < 1.29 is 14.3 Å². The Bertz CT molecular complexity index is 842. The Kier molecular flexibility index (Phi) is 4.70. The third-order valence-electron chi connectivity index (χ3n) is 5.81. The van der Waals surface area contributed by atoms with Crippen LogP contribution >= 0.6 is 0 Å². The maximum atomic E-state index is 13.2. The normalized spacial score (nSPS) is 18.5. The van der Waals surface area contributed by atoms with Crippen LogP contribution in [0.3, 0.4) is 0 Å². The van der Waals surface area contributed by atoms with Crippen molar-refractivity contribution in [1.82, 2.24) is 4.90 Å². The number of carbonyl (C=O) groups excluding carboxylic acids is 2. The van der Waals surface area contributed by atoms with E-state index in [9.17, 15) is 9.59 Å². The van der Waals surface area contributed by atoms with E-state index in [-0.39, 0.29) is 23.8 Å².